The van der Waals surface area contributed by atoms with E-state index in [-0.39, 0.29) is 16.9 Å². The monoisotopic (exact) mass is 248 g/mol. The van der Waals surface area contributed by atoms with E-state index in [0.29, 0.717) is 6.42 Å². The van der Waals surface area contributed by atoms with Crippen molar-refractivity contribution < 1.29 is 14.6 Å². The van der Waals surface area contributed by atoms with Gasteiger partial charge in [0.2, 0.25) is 0 Å². The molecule has 3 aliphatic rings. The SMILES string of the molecule is C=C1CCC[C@]2(C)C[C@H]3OC(=O)C(=C)[C@@]3(O)C[C@@H]12. The highest BCUT2D eigenvalue weighted by Gasteiger charge is 2.60. The third-order valence-corrected chi connectivity index (χ3v) is 5.30. The van der Waals surface area contributed by atoms with Crippen molar-refractivity contribution in [2.75, 3.05) is 0 Å². The number of carbonyl (C=O) groups excluding carboxylic acids is 1. The van der Waals surface area contributed by atoms with Crippen molar-refractivity contribution >= 4 is 5.97 Å². The molecule has 0 aromatic carbocycles. The molecule has 2 aliphatic carbocycles. The van der Waals surface area contributed by atoms with Gasteiger partial charge in [-0.3, -0.25) is 0 Å². The fourth-order valence-electron chi connectivity index (χ4n) is 4.06. The standard InChI is InChI=1S/C15H20O3/c1-9-5-4-6-14(3)8-12-15(17,7-11(9)14)10(2)13(16)18-12/h11-12,17H,1-2,4-8H2,3H3/t11-,12+,14+,15-/m0/s1. The Morgan fingerprint density at radius 1 is 1.39 bits per heavy atom. The summed E-state index contributed by atoms with van der Waals surface area (Å²) in [5.74, 6) is -0.158. The summed E-state index contributed by atoms with van der Waals surface area (Å²) in [6, 6.07) is 0. The summed E-state index contributed by atoms with van der Waals surface area (Å²) in [5.41, 5.74) is 0.384. The first kappa shape index (κ1) is 12.0. The van der Waals surface area contributed by atoms with Crippen LogP contribution in [0.1, 0.15) is 39.0 Å². The van der Waals surface area contributed by atoms with Crippen molar-refractivity contribution in [1.82, 2.24) is 0 Å². The largest absolute Gasteiger partial charge is 0.455 e. The molecule has 1 heterocycles. The second-order valence-corrected chi connectivity index (χ2v) is 6.42. The fourth-order valence-corrected chi connectivity index (χ4v) is 4.06. The molecule has 4 atom stereocenters. The zero-order valence-electron chi connectivity index (χ0n) is 10.9. The van der Waals surface area contributed by atoms with E-state index in [1.807, 2.05) is 0 Å². The van der Waals surface area contributed by atoms with Gasteiger partial charge in [0.05, 0.1) is 5.57 Å². The van der Waals surface area contributed by atoms with Crippen molar-refractivity contribution in [2.45, 2.75) is 50.7 Å². The number of allylic oxidation sites excluding steroid dienone is 1. The van der Waals surface area contributed by atoms with Crippen LogP contribution in [0, 0.1) is 11.3 Å². The highest BCUT2D eigenvalue weighted by atomic mass is 16.6. The molecule has 0 spiro atoms. The molecule has 0 unspecified atom stereocenters. The number of aliphatic hydroxyl groups is 1. The quantitative estimate of drug-likeness (QED) is 0.406. The summed E-state index contributed by atoms with van der Waals surface area (Å²) in [6.45, 7) is 10.1. The number of hydrogen-bond donors (Lipinski definition) is 1. The van der Waals surface area contributed by atoms with Gasteiger partial charge in [-0.25, -0.2) is 4.79 Å². The third kappa shape index (κ3) is 1.37. The minimum absolute atomic E-state index is 0.108. The van der Waals surface area contributed by atoms with Crippen LogP contribution >= 0.6 is 0 Å². The smallest absolute Gasteiger partial charge is 0.336 e. The lowest BCUT2D eigenvalue weighted by Crippen LogP contribution is -2.53. The van der Waals surface area contributed by atoms with Gasteiger partial charge in [-0.2, -0.15) is 0 Å². The molecule has 3 fully saturated rings. The maximum atomic E-state index is 11.6. The van der Waals surface area contributed by atoms with E-state index in [1.54, 1.807) is 0 Å². The normalized spacial score (nSPS) is 47.6. The molecule has 0 aromatic rings. The second-order valence-electron chi connectivity index (χ2n) is 6.42. The Morgan fingerprint density at radius 3 is 2.83 bits per heavy atom. The first-order valence-electron chi connectivity index (χ1n) is 6.67. The first-order valence-corrected chi connectivity index (χ1v) is 6.67. The van der Waals surface area contributed by atoms with Gasteiger partial charge in [-0.15, -0.1) is 0 Å². The maximum Gasteiger partial charge on any atom is 0.336 e. The van der Waals surface area contributed by atoms with Crippen LogP contribution in [-0.4, -0.2) is 22.8 Å². The van der Waals surface area contributed by atoms with Gasteiger partial charge < -0.3 is 9.84 Å². The van der Waals surface area contributed by atoms with E-state index in [9.17, 15) is 9.90 Å². The summed E-state index contributed by atoms with van der Waals surface area (Å²) in [4.78, 5) is 11.6. The van der Waals surface area contributed by atoms with Crippen LogP contribution in [-0.2, 0) is 9.53 Å². The summed E-state index contributed by atoms with van der Waals surface area (Å²) in [5, 5.41) is 10.7. The van der Waals surface area contributed by atoms with Crippen LogP contribution in [0.5, 0.6) is 0 Å². The van der Waals surface area contributed by atoms with Crippen molar-refractivity contribution in [3.05, 3.63) is 24.3 Å². The lowest BCUT2D eigenvalue weighted by atomic mass is 9.54. The van der Waals surface area contributed by atoms with Crippen LogP contribution in [0.4, 0.5) is 0 Å². The molecule has 0 amide bonds. The van der Waals surface area contributed by atoms with Gasteiger partial charge in [-0.1, -0.05) is 25.7 Å². The van der Waals surface area contributed by atoms with E-state index in [0.717, 1.165) is 25.7 Å². The van der Waals surface area contributed by atoms with Crippen LogP contribution in [0.2, 0.25) is 0 Å². The molecule has 1 saturated heterocycles. The first-order chi connectivity index (χ1) is 8.37. The van der Waals surface area contributed by atoms with Gasteiger partial charge >= 0.3 is 5.97 Å². The Kier molecular flexibility index (Phi) is 2.31. The topological polar surface area (TPSA) is 46.5 Å². The molecule has 3 heteroatoms. The average molecular weight is 248 g/mol. The summed E-state index contributed by atoms with van der Waals surface area (Å²) in [7, 11) is 0. The van der Waals surface area contributed by atoms with Crippen LogP contribution in [0.25, 0.3) is 0 Å². The summed E-state index contributed by atoms with van der Waals surface area (Å²) in [6.07, 6.45) is 4.14. The molecular weight excluding hydrogens is 228 g/mol. The predicted octanol–water partition coefficient (Wildman–Crippen LogP) is 2.36. The number of carbonyl (C=O) groups is 1. The Labute approximate surface area is 108 Å². The lowest BCUT2D eigenvalue weighted by molar-refractivity contribution is -0.150. The maximum absolute atomic E-state index is 11.6. The second kappa shape index (κ2) is 3.47. The molecule has 18 heavy (non-hydrogen) atoms. The molecular formula is C15H20O3. The van der Waals surface area contributed by atoms with Crippen molar-refractivity contribution in [3.8, 4) is 0 Å². The predicted molar refractivity (Wildman–Crippen MR) is 67.8 cm³/mol. The summed E-state index contributed by atoms with van der Waals surface area (Å²) >= 11 is 0. The molecule has 0 aromatic heterocycles. The van der Waals surface area contributed by atoms with Gasteiger partial charge in [0.1, 0.15) is 11.7 Å². The fraction of sp³-hybridized carbons (Fsp3) is 0.667. The number of ether oxygens (including phenoxy) is 1. The van der Waals surface area contributed by atoms with Crippen molar-refractivity contribution in [3.63, 3.8) is 0 Å². The molecule has 1 N–H and O–H groups in total. The molecule has 2 saturated carbocycles. The number of hydrogen-bond acceptors (Lipinski definition) is 3. The Bertz CT molecular complexity index is 453. The van der Waals surface area contributed by atoms with Crippen molar-refractivity contribution in [2.24, 2.45) is 11.3 Å². The summed E-state index contributed by atoms with van der Waals surface area (Å²) < 4.78 is 5.31. The molecule has 3 rings (SSSR count). The van der Waals surface area contributed by atoms with E-state index < -0.39 is 17.7 Å². The van der Waals surface area contributed by atoms with Gasteiger partial charge in [0.25, 0.3) is 0 Å². The zero-order valence-corrected chi connectivity index (χ0v) is 10.9. The molecule has 98 valence electrons. The highest BCUT2D eigenvalue weighted by molar-refractivity contribution is 5.93. The number of esters is 1. The Morgan fingerprint density at radius 2 is 2.11 bits per heavy atom. The van der Waals surface area contributed by atoms with Crippen LogP contribution in [0.15, 0.2) is 24.3 Å². The Balaban J connectivity index is 1.99. The molecule has 0 bridgehead atoms. The molecule has 3 nitrogen and oxygen atoms in total. The number of fused-ring (bicyclic) bond motifs is 2. The minimum Gasteiger partial charge on any atom is -0.455 e. The van der Waals surface area contributed by atoms with Crippen LogP contribution < -0.4 is 0 Å². The van der Waals surface area contributed by atoms with Crippen LogP contribution in [0.3, 0.4) is 0 Å². The lowest BCUT2D eigenvalue weighted by Gasteiger charge is -2.52. The average Bonchev–Trinajstić information content (AvgIpc) is 2.50. The van der Waals surface area contributed by atoms with E-state index in [1.165, 1.54) is 5.57 Å². The van der Waals surface area contributed by atoms with E-state index in [2.05, 4.69) is 20.1 Å². The van der Waals surface area contributed by atoms with Gasteiger partial charge in [-0.05, 0) is 43.4 Å². The van der Waals surface area contributed by atoms with E-state index in [4.69, 9.17) is 4.74 Å². The minimum atomic E-state index is -1.17. The van der Waals surface area contributed by atoms with Crippen molar-refractivity contribution in [1.29, 1.82) is 0 Å². The number of rotatable bonds is 0. The van der Waals surface area contributed by atoms with E-state index >= 15 is 0 Å². The highest BCUT2D eigenvalue weighted by Crippen LogP contribution is 2.57. The van der Waals surface area contributed by atoms with Gasteiger partial charge in [0, 0.05) is 0 Å². The zero-order chi connectivity index (χ0) is 13.1. The molecule has 0 radical (unpaired) electrons. The third-order valence-electron chi connectivity index (χ3n) is 5.30. The molecule has 1 aliphatic heterocycles. The Hall–Kier alpha value is -1.09. The van der Waals surface area contributed by atoms with Gasteiger partial charge in [0.15, 0.2) is 0 Å².